The fourth-order valence-electron chi connectivity index (χ4n) is 1.87. The zero-order valence-corrected chi connectivity index (χ0v) is 12.3. The molecule has 0 aliphatic heterocycles. The predicted octanol–water partition coefficient (Wildman–Crippen LogP) is 4.55. The topological polar surface area (TPSA) is 47.3 Å². The van der Waals surface area contributed by atoms with Crippen LogP contribution in [0.5, 0.6) is 5.75 Å². The van der Waals surface area contributed by atoms with Crippen molar-refractivity contribution >= 4 is 22.7 Å². The van der Waals surface area contributed by atoms with Crippen molar-refractivity contribution in [1.29, 1.82) is 0 Å². The molecule has 3 N–H and O–H groups in total. The maximum Gasteiger partial charge on any atom is 0.387 e. The van der Waals surface area contributed by atoms with Gasteiger partial charge in [-0.2, -0.15) is 8.78 Å². The van der Waals surface area contributed by atoms with Gasteiger partial charge in [-0.25, -0.2) is 4.39 Å². The Morgan fingerprint density at radius 1 is 1.29 bits per heavy atom. The maximum absolute atomic E-state index is 13.5. The van der Waals surface area contributed by atoms with Gasteiger partial charge in [-0.05, 0) is 26.0 Å². The Morgan fingerprint density at radius 2 is 2.00 bits per heavy atom. The van der Waals surface area contributed by atoms with Crippen molar-refractivity contribution in [2.45, 2.75) is 26.5 Å². The average molecular weight is 316 g/mol. The molecular formula is C14H15F3N2OS. The van der Waals surface area contributed by atoms with Crippen molar-refractivity contribution in [2.24, 2.45) is 0 Å². The van der Waals surface area contributed by atoms with Crippen LogP contribution in [0, 0.1) is 12.7 Å². The second-order valence-corrected chi connectivity index (χ2v) is 5.88. The fourth-order valence-corrected chi connectivity index (χ4v) is 2.75. The van der Waals surface area contributed by atoms with Gasteiger partial charge in [0.1, 0.15) is 0 Å². The monoisotopic (exact) mass is 316 g/mol. The van der Waals surface area contributed by atoms with Crippen LogP contribution in [0.3, 0.4) is 0 Å². The molecular weight excluding hydrogens is 301 g/mol. The molecule has 1 atom stereocenters. The molecule has 2 aromatic rings. The van der Waals surface area contributed by atoms with Crippen LogP contribution in [0.4, 0.5) is 24.5 Å². The molecule has 0 saturated carbocycles. The third kappa shape index (κ3) is 3.81. The van der Waals surface area contributed by atoms with E-state index in [2.05, 4.69) is 10.1 Å². The van der Waals surface area contributed by atoms with E-state index in [0.29, 0.717) is 5.69 Å². The normalized spacial score (nSPS) is 12.5. The van der Waals surface area contributed by atoms with Crippen LogP contribution in [-0.4, -0.2) is 6.61 Å². The summed E-state index contributed by atoms with van der Waals surface area (Å²) in [7, 11) is 0. The van der Waals surface area contributed by atoms with Crippen LogP contribution in [0.15, 0.2) is 24.3 Å². The van der Waals surface area contributed by atoms with E-state index in [1.54, 1.807) is 11.3 Å². The van der Waals surface area contributed by atoms with E-state index in [4.69, 9.17) is 5.73 Å². The van der Waals surface area contributed by atoms with Crippen LogP contribution in [-0.2, 0) is 0 Å². The van der Waals surface area contributed by atoms with E-state index in [1.807, 2.05) is 26.0 Å². The van der Waals surface area contributed by atoms with Gasteiger partial charge in [0.15, 0.2) is 11.6 Å². The number of nitrogen functional groups attached to an aromatic ring is 1. The van der Waals surface area contributed by atoms with Crippen LogP contribution >= 0.6 is 11.3 Å². The number of halogens is 3. The summed E-state index contributed by atoms with van der Waals surface area (Å²) in [6.07, 6.45) is 0. The average Bonchev–Trinajstić information content (AvgIpc) is 2.81. The number of nitrogens with one attached hydrogen (secondary N) is 1. The quantitative estimate of drug-likeness (QED) is 0.795. The van der Waals surface area contributed by atoms with Gasteiger partial charge in [0.2, 0.25) is 0 Å². The summed E-state index contributed by atoms with van der Waals surface area (Å²) in [6, 6.07) is 5.97. The predicted molar refractivity (Wildman–Crippen MR) is 78.5 cm³/mol. The molecule has 0 amide bonds. The molecule has 3 nitrogen and oxygen atoms in total. The SMILES string of the molecule is Cc1ccc(C(C)Nc2cc(OC(F)F)c(F)cc2N)s1. The van der Waals surface area contributed by atoms with Gasteiger partial charge in [0, 0.05) is 21.9 Å². The van der Waals surface area contributed by atoms with Crippen LogP contribution in [0.1, 0.15) is 22.7 Å². The van der Waals surface area contributed by atoms with E-state index in [-0.39, 0.29) is 11.7 Å². The number of anilines is 2. The molecule has 0 fully saturated rings. The molecule has 1 unspecified atom stereocenters. The smallest absolute Gasteiger partial charge is 0.387 e. The number of alkyl halides is 2. The first-order valence-electron chi connectivity index (χ1n) is 6.23. The van der Waals surface area contributed by atoms with Crippen molar-refractivity contribution < 1.29 is 17.9 Å². The largest absolute Gasteiger partial charge is 0.432 e. The van der Waals surface area contributed by atoms with Gasteiger partial charge in [-0.1, -0.05) is 0 Å². The lowest BCUT2D eigenvalue weighted by atomic mass is 10.2. The summed E-state index contributed by atoms with van der Waals surface area (Å²) in [4.78, 5) is 2.22. The molecule has 114 valence electrons. The Morgan fingerprint density at radius 3 is 2.57 bits per heavy atom. The van der Waals surface area contributed by atoms with E-state index >= 15 is 0 Å². The number of hydrogen-bond acceptors (Lipinski definition) is 4. The summed E-state index contributed by atoms with van der Waals surface area (Å²) < 4.78 is 42.1. The molecule has 0 saturated heterocycles. The van der Waals surface area contributed by atoms with Gasteiger partial charge in [0.25, 0.3) is 0 Å². The first kappa shape index (κ1) is 15.5. The lowest BCUT2D eigenvalue weighted by Crippen LogP contribution is -2.09. The number of nitrogens with two attached hydrogens (primary N) is 1. The molecule has 0 aliphatic rings. The summed E-state index contributed by atoms with van der Waals surface area (Å²) in [5.74, 6) is -1.45. The highest BCUT2D eigenvalue weighted by molar-refractivity contribution is 7.12. The Bertz CT molecular complexity index is 631. The van der Waals surface area contributed by atoms with Crippen molar-refractivity contribution in [3.05, 3.63) is 39.8 Å². The van der Waals surface area contributed by atoms with Gasteiger partial charge in [-0.3, -0.25) is 0 Å². The van der Waals surface area contributed by atoms with Crippen molar-refractivity contribution in [3.8, 4) is 5.75 Å². The zero-order chi connectivity index (χ0) is 15.6. The number of thiophene rings is 1. The first-order chi connectivity index (χ1) is 9.86. The Balaban J connectivity index is 2.22. The molecule has 0 bridgehead atoms. The van der Waals surface area contributed by atoms with Crippen molar-refractivity contribution in [1.82, 2.24) is 0 Å². The minimum absolute atomic E-state index is 0.0872. The second-order valence-electron chi connectivity index (χ2n) is 4.56. The van der Waals surface area contributed by atoms with Gasteiger partial charge < -0.3 is 15.8 Å². The van der Waals surface area contributed by atoms with Crippen molar-refractivity contribution in [2.75, 3.05) is 11.1 Å². The molecule has 0 radical (unpaired) electrons. The zero-order valence-electron chi connectivity index (χ0n) is 11.5. The Labute approximate surface area is 124 Å². The Hall–Kier alpha value is -1.89. The molecule has 1 aromatic heterocycles. The number of rotatable bonds is 5. The highest BCUT2D eigenvalue weighted by atomic mass is 32.1. The van der Waals surface area contributed by atoms with Gasteiger partial charge >= 0.3 is 6.61 Å². The number of aryl methyl sites for hydroxylation is 1. The lowest BCUT2D eigenvalue weighted by Gasteiger charge is -2.17. The molecule has 21 heavy (non-hydrogen) atoms. The standard InChI is InChI=1S/C14H15F3N2OS/c1-7-3-4-13(21-7)8(2)19-11-6-12(20-14(16)17)9(15)5-10(11)18/h3-6,8,14,19H,18H2,1-2H3. The van der Waals surface area contributed by atoms with E-state index in [0.717, 1.165) is 21.9 Å². The van der Waals surface area contributed by atoms with E-state index in [1.165, 1.54) is 0 Å². The molecule has 0 aliphatic carbocycles. The number of benzene rings is 1. The highest BCUT2D eigenvalue weighted by Crippen LogP contribution is 2.33. The van der Waals surface area contributed by atoms with Crippen LogP contribution in [0.25, 0.3) is 0 Å². The molecule has 1 aromatic carbocycles. The molecule has 7 heteroatoms. The van der Waals surface area contributed by atoms with Crippen LogP contribution < -0.4 is 15.8 Å². The number of ether oxygens (including phenoxy) is 1. The summed E-state index contributed by atoms with van der Waals surface area (Å²) in [5, 5.41) is 3.07. The third-order valence-electron chi connectivity index (χ3n) is 2.88. The highest BCUT2D eigenvalue weighted by Gasteiger charge is 2.15. The fraction of sp³-hybridized carbons (Fsp3) is 0.286. The Kier molecular flexibility index (Phi) is 4.62. The number of hydrogen-bond donors (Lipinski definition) is 2. The third-order valence-corrected chi connectivity index (χ3v) is 4.06. The van der Waals surface area contributed by atoms with E-state index in [9.17, 15) is 13.2 Å². The van der Waals surface area contributed by atoms with Crippen LogP contribution in [0.2, 0.25) is 0 Å². The van der Waals surface area contributed by atoms with Gasteiger partial charge in [-0.15, -0.1) is 11.3 Å². The summed E-state index contributed by atoms with van der Waals surface area (Å²) in [5.41, 5.74) is 6.20. The second kappa shape index (κ2) is 6.26. The van der Waals surface area contributed by atoms with E-state index < -0.39 is 18.2 Å². The minimum atomic E-state index is -3.09. The van der Waals surface area contributed by atoms with Gasteiger partial charge in [0.05, 0.1) is 17.4 Å². The maximum atomic E-state index is 13.5. The minimum Gasteiger partial charge on any atom is -0.432 e. The first-order valence-corrected chi connectivity index (χ1v) is 7.05. The van der Waals surface area contributed by atoms with Crippen molar-refractivity contribution in [3.63, 3.8) is 0 Å². The summed E-state index contributed by atoms with van der Waals surface area (Å²) >= 11 is 1.61. The lowest BCUT2D eigenvalue weighted by molar-refractivity contribution is -0.0521. The molecule has 0 spiro atoms. The molecule has 1 heterocycles. The molecule has 2 rings (SSSR count). The summed E-state index contributed by atoms with van der Waals surface area (Å²) in [6.45, 7) is 0.803.